The van der Waals surface area contributed by atoms with Gasteiger partial charge in [-0.15, -0.1) is 0 Å². The zero-order chi connectivity index (χ0) is 13.4. The molecule has 0 radical (unpaired) electrons. The molecule has 0 spiro atoms. The number of anilines is 1. The van der Waals surface area contributed by atoms with Crippen LogP contribution in [0, 0.1) is 11.6 Å². The van der Waals surface area contributed by atoms with Gasteiger partial charge in [-0.05, 0) is 48.2 Å². The average Bonchev–Trinajstić information content (AvgIpc) is 2.76. The molecule has 0 bridgehead atoms. The summed E-state index contributed by atoms with van der Waals surface area (Å²) in [5, 5.41) is 12.4. The maximum atomic E-state index is 13.3. The summed E-state index contributed by atoms with van der Waals surface area (Å²) in [6, 6.07) is 9.02. The van der Waals surface area contributed by atoms with Gasteiger partial charge in [-0.2, -0.15) is 0 Å². The second-order valence-electron chi connectivity index (χ2n) is 4.74. The Morgan fingerprint density at radius 1 is 1.11 bits per heavy atom. The SMILES string of the molecule is Oc1ccc(NC2CCc3cc(F)ccc32)cc1F. The van der Waals surface area contributed by atoms with Crippen LogP contribution in [-0.4, -0.2) is 5.11 Å². The van der Waals surface area contributed by atoms with Crippen LogP contribution in [0.25, 0.3) is 0 Å². The number of nitrogens with one attached hydrogen (secondary N) is 1. The lowest BCUT2D eigenvalue weighted by atomic mass is 10.1. The monoisotopic (exact) mass is 261 g/mol. The Balaban J connectivity index is 1.84. The fourth-order valence-electron chi connectivity index (χ4n) is 2.53. The molecule has 1 aliphatic rings. The number of rotatable bonds is 2. The summed E-state index contributed by atoms with van der Waals surface area (Å²) >= 11 is 0. The topological polar surface area (TPSA) is 32.3 Å². The second kappa shape index (κ2) is 4.53. The van der Waals surface area contributed by atoms with Crippen molar-refractivity contribution in [2.24, 2.45) is 0 Å². The van der Waals surface area contributed by atoms with Crippen LogP contribution in [0.5, 0.6) is 5.75 Å². The molecule has 2 aromatic carbocycles. The fraction of sp³-hybridized carbons (Fsp3) is 0.200. The maximum absolute atomic E-state index is 13.3. The molecule has 2 aromatic rings. The van der Waals surface area contributed by atoms with Crippen LogP contribution in [0.15, 0.2) is 36.4 Å². The summed E-state index contributed by atoms with van der Waals surface area (Å²) in [7, 11) is 0. The zero-order valence-corrected chi connectivity index (χ0v) is 10.2. The summed E-state index contributed by atoms with van der Waals surface area (Å²) in [4.78, 5) is 0. The Hall–Kier alpha value is -2.10. The summed E-state index contributed by atoms with van der Waals surface area (Å²) < 4.78 is 26.4. The third-order valence-electron chi connectivity index (χ3n) is 3.47. The summed E-state index contributed by atoms with van der Waals surface area (Å²) in [6.07, 6.45) is 1.66. The van der Waals surface area contributed by atoms with Gasteiger partial charge in [-0.3, -0.25) is 0 Å². The van der Waals surface area contributed by atoms with Crippen molar-refractivity contribution < 1.29 is 13.9 Å². The van der Waals surface area contributed by atoms with Gasteiger partial charge in [0.05, 0.1) is 6.04 Å². The van der Waals surface area contributed by atoms with E-state index in [0.717, 1.165) is 24.0 Å². The highest BCUT2D eigenvalue weighted by molar-refractivity contribution is 5.50. The third kappa shape index (κ3) is 2.26. The smallest absolute Gasteiger partial charge is 0.166 e. The van der Waals surface area contributed by atoms with Gasteiger partial charge >= 0.3 is 0 Å². The van der Waals surface area contributed by atoms with E-state index in [2.05, 4.69) is 5.32 Å². The quantitative estimate of drug-likeness (QED) is 0.806. The molecule has 0 aromatic heterocycles. The number of halogens is 2. The number of hydrogen-bond donors (Lipinski definition) is 2. The number of phenolic OH excluding ortho intramolecular Hbond substituents is 1. The van der Waals surface area contributed by atoms with Crippen LogP contribution in [0.3, 0.4) is 0 Å². The van der Waals surface area contributed by atoms with E-state index in [1.807, 2.05) is 0 Å². The number of aromatic hydroxyl groups is 1. The fourth-order valence-corrected chi connectivity index (χ4v) is 2.53. The lowest BCUT2D eigenvalue weighted by molar-refractivity contribution is 0.432. The van der Waals surface area contributed by atoms with E-state index in [-0.39, 0.29) is 17.6 Å². The number of aryl methyl sites for hydroxylation is 1. The molecule has 3 rings (SSSR count). The first-order chi connectivity index (χ1) is 9.13. The van der Waals surface area contributed by atoms with E-state index in [0.29, 0.717) is 5.69 Å². The first kappa shape index (κ1) is 12.0. The molecule has 0 heterocycles. The van der Waals surface area contributed by atoms with Crippen LogP contribution in [0.2, 0.25) is 0 Å². The summed E-state index contributed by atoms with van der Waals surface area (Å²) in [6.45, 7) is 0. The molecular weight excluding hydrogens is 248 g/mol. The largest absolute Gasteiger partial charge is 0.505 e. The molecule has 0 fully saturated rings. The van der Waals surface area contributed by atoms with Crippen molar-refractivity contribution in [3.05, 3.63) is 59.2 Å². The van der Waals surface area contributed by atoms with Gasteiger partial charge in [0.2, 0.25) is 0 Å². The molecule has 2 nitrogen and oxygen atoms in total. The second-order valence-corrected chi connectivity index (χ2v) is 4.74. The van der Waals surface area contributed by atoms with Gasteiger partial charge in [0.25, 0.3) is 0 Å². The minimum atomic E-state index is -0.651. The minimum absolute atomic E-state index is 0.0551. The molecule has 2 N–H and O–H groups in total. The predicted octanol–water partition coefficient (Wildman–Crippen LogP) is 3.77. The van der Waals surface area contributed by atoms with E-state index in [1.54, 1.807) is 18.2 Å². The van der Waals surface area contributed by atoms with Gasteiger partial charge in [-0.1, -0.05) is 6.07 Å². The molecule has 0 amide bonds. The molecule has 98 valence electrons. The van der Waals surface area contributed by atoms with E-state index < -0.39 is 5.82 Å². The molecular formula is C15H13F2NO. The van der Waals surface area contributed by atoms with E-state index >= 15 is 0 Å². The molecule has 1 aliphatic carbocycles. The first-order valence-corrected chi connectivity index (χ1v) is 6.17. The van der Waals surface area contributed by atoms with Crippen molar-refractivity contribution in [3.8, 4) is 5.75 Å². The summed E-state index contributed by atoms with van der Waals surface area (Å²) in [5.41, 5.74) is 2.66. The van der Waals surface area contributed by atoms with Gasteiger partial charge in [0.15, 0.2) is 11.6 Å². The van der Waals surface area contributed by atoms with Crippen molar-refractivity contribution in [3.63, 3.8) is 0 Å². The van der Waals surface area contributed by atoms with Crippen molar-refractivity contribution in [2.75, 3.05) is 5.32 Å². The molecule has 0 saturated carbocycles. The highest BCUT2D eigenvalue weighted by Crippen LogP contribution is 2.34. The van der Waals surface area contributed by atoms with E-state index in [1.165, 1.54) is 18.2 Å². The molecule has 0 saturated heterocycles. The Bertz CT molecular complexity index is 628. The average molecular weight is 261 g/mol. The van der Waals surface area contributed by atoms with E-state index in [9.17, 15) is 8.78 Å². The molecule has 1 atom stereocenters. The molecule has 19 heavy (non-hydrogen) atoms. The summed E-state index contributed by atoms with van der Waals surface area (Å²) in [5.74, 6) is -1.24. The van der Waals surface area contributed by atoms with Gasteiger partial charge in [0, 0.05) is 11.8 Å². The van der Waals surface area contributed by atoms with Crippen LogP contribution >= 0.6 is 0 Å². The maximum Gasteiger partial charge on any atom is 0.166 e. The van der Waals surface area contributed by atoms with Crippen LogP contribution in [-0.2, 0) is 6.42 Å². The minimum Gasteiger partial charge on any atom is -0.505 e. The first-order valence-electron chi connectivity index (χ1n) is 6.17. The van der Waals surface area contributed by atoms with Gasteiger partial charge < -0.3 is 10.4 Å². The van der Waals surface area contributed by atoms with Crippen LogP contribution in [0.4, 0.5) is 14.5 Å². The number of fused-ring (bicyclic) bond motifs is 1. The highest BCUT2D eigenvalue weighted by Gasteiger charge is 2.22. The van der Waals surface area contributed by atoms with Gasteiger partial charge in [-0.25, -0.2) is 8.78 Å². The third-order valence-corrected chi connectivity index (χ3v) is 3.47. The Morgan fingerprint density at radius 2 is 1.95 bits per heavy atom. The van der Waals surface area contributed by atoms with Crippen LogP contribution in [0.1, 0.15) is 23.6 Å². The number of hydrogen-bond acceptors (Lipinski definition) is 2. The molecule has 1 unspecified atom stereocenters. The van der Waals surface area contributed by atoms with Gasteiger partial charge in [0.1, 0.15) is 5.82 Å². The lowest BCUT2D eigenvalue weighted by Crippen LogP contribution is -2.07. The van der Waals surface area contributed by atoms with Crippen molar-refractivity contribution >= 4 is 5.69 Å². The van der Waals surface area contributed by atoms with Crippen molar-refractivity contribution in [2.45, 2.75) is 18.9 Å². The highest BCUT2D eigenvalue weighted by atomic mass is 19.1. The predicted molar refractivity (Wildman–Crippen MR) is 69.1 cm³/mol. The standard InChI is InChI=1S/C15H13F2NO/c16-10-2-4-12-9(7-10)1-5-14(12)18-11-3-6-15(19)13(17)8-11/h2-4,6-8,14,18-19H,1,5H2. The van der Waals surface area contributed by atoms with Crippen molar-refractivity contribution in [1.82, 2.24) is 0 Å². The lowest BCUT2D eigenvalue weighted by Gasteiger charge is -2.15. The number of phenols is 1. The van der Waals surface area contributed by atoms with Crippen molar-refractivity contribution in [1.29, 1.82) is 0 Å². The Kier molecular flexibility index (Phi) is 2.85. The Labute approximate surface area is 109 Å². The van der Waals surface area contributed by atoms with E-state index in [4.69, 9.17) is 5.11 Å². The normalized spacial score (nSPS) is 17.3. The zero-order valence-electron chi connectivity index (χ0n) is 10.2. The number of benzene rings is 2. The molecule has 4 heteroatoms. The van der Waals surface area contributed by atoms with Crippen LogP contribution < -0.4 is 5.32 Å². The Morgan fingerprint density at radius 3 is 2.74 bits per heavy atom. The molecule has 0 aliphatic heterocycles.